The second-order valence-electron chi connectivity index (χ2n) is 6.33. The molecule has 4 rings (SSSR count). The second-order valence-corrected chi connectivity index (χ2v) is 8.22. The van der Waals surface area contributed by atoms with Crippen LogP contribution in [0.15, 0.2) is 77.3 Å². The number of ether oxygens (including phenoxy) is 1. The summed E-state index contributed by atoms with van der Waals surface area (Å²) in [6.07, 6.45) is 0. The lowest BCUT2D eigenvalue weighted by Gasteiger charge is -2.10. The minimum absolute atomic E-state index is 0.326. The Bertz CT molecular complexity index is 1080. The van der Waals surface area contributed by atoms with Gasteiger partial charge in [-0.15, -0.1) is 21.5 Å². The van der Waals surface area contributed by atoms with Crippen molar-refractivity contribution in [3.63, 3.8) is 0 Å². The molecule has 0 atom stereocenters. The van der Waals surface area contributed by atoms with Gasteiger partial charge >= 0.3 is 5.97 Å². The molecule has 0 amide bonds. The Morgan fingerprint density at radius 1 is 1.00 bits per heavy atom. The first-order valence-electron chi connectivity index (χ1n) is 9.05. The third-order valence-electron chi connectivity index (χ3n) is 4.38. The van der Waals surface area contributed by atoms with Crippen molar-refractivity contribution in [3.8, 4) is 10.7 Å². The van der Waals surface area contributed by atoms with Gasteiger partial charge < -0.3 is 4.74 Å². The van der Waals surface area contributed by atoms with Crippen LogP contribution < -0.4 is 0 Å². The molecule has 5 nitrogen and oxygen atoms in total. The van der Waals surface area contributed by atoms with Crippen molar-refractivity contribution in [1.29, 1.82) is 0 Å². The molecule has 4 aromatic rings. The highest BCUT2D eigenvalue weighted by molar-refractivity contribution is 7.98. The van der Waals surface area contributed by atoms with Crippen molar-refractivity contribution in [2.24, 2.45) is 0 Å². The van der Waals surface area contributed by atoms with Crippen molar-refractivity contribution < 1.29 is 9.53 Å². The van der Waals surface area contributed by atoms with E-state index in [1.54, 1.807) is 35.2 Å². The van der Waals surface area contributed by atoms with E-state index in [9.17, 15) is 4.79 Å². The Morgan fingerprint density at radius 3 is 2.48 bits per heavy atom. The van der Waals surface area contributed by atoms with Crippen molar-refractivity contribution in [2.45, 2.75) is 17.5 Å². The summed E-state index contributed by atoms with van der Waals surface area (Å²) in [7, 11) is 1.39. The minimum atomic E-state index is -0.326. The summed E-state index contributed by atoms with van der Waals surface area (Å²) in [6.45, 7) is 0.713. The fourth-order valence-corrected chi connectivity index (χ4v) is 4.51. The molecule has 0 bridgehead atoms. The molecule has 2 aromatic heterocycles. The number of carbonyl (C=O) groups is 1. The number of thioether (sulfide) groups is 1. The van der Waals surface area contributed by atoms with Crippen molar-refractivity contribution >= 4 is 29.1 Å². The van der Waals surface area contributed by atoms with Gasteiger partial charge in [0, 0.05) is 5.75 Å². The average molecular weight is 422 g/mol. The van der Waals surface area contributed by atoms with Gasteiger partial charge in [0.05, 0.1) is 24.1 Å². The molecular weight excluding hydrogens is 402 g/mol. The highest BCUT2D eigenvalue weighted by atomic mass is 32.2. The Balaban J connectivity index is 1.56. The number of aromatic nitrogens is 3. The van der Waals surface area contributed by atoms with E-state index in [1.807, 2.05) is 41.8 Å². The predicted octanol–water partition coefficient (Wildman–Crippen LogP) is 5.13. The van der Waals surface area contributed by atoms with E-state index in [-0.39, 0.29) is 5.97 Å². The van der Waals surface area contributed by atoms with Gasteiger partial charge in [0.2, 0.25) is 0 Å². The van der Waals surface area contributed by atoms with E-state index in [2.05, 4.69) is 33.0 Å². The number of esters is 1. The number of hydrogen-bond donors (Lipinski definition) is 0. The summed E-state index contributed by atoms with van der Waals surface area (Å²) >= 11 is 3.29. The Hall–Kier alpha value is -2.90. The maximum atomic E-state index is 11.6. The molecule has 0 saturated carbocycles. The smallest absolute Gasteiger partial charge is 0.337 e. The molecule has 2 aromatic carbocycles. The zero-order valence-corrected chi connectivity index (χ0v) is 17.5. The number of benzene rings is 2. The lowest BCUT2D eigenvalue weighted by molar-refractivity contribution is 0.0600. The molecule has 0 spiro atoms. The van der Waals surface area contributed by atoms with Crippen LogP contribution in [0.4, 0.5) is 0 Å². The van der Waals surface area contributed by atoms with Crippen LogP contribution in [-0.4, -0.2) is 27.8 Å². The first-order chi connectivity index (χ1) is 14.2. The molecule has 0 aliphatic rings. The molecule has 0 aliphatic heterocycles. The van der Waals surface area contributed by atoms with Gasteiger partial charge in [-0.05, 0) is 34.7 Å². The van der Waals surface area contributed by atoms with Crippen LogP contribution >= 0.6 is 23.1 Å². The van der Waals surface area contributed by atoms with Gasteiger partial charge in [0.25, 0.3) is 0 Å². The van der Waals surface area contributed by atoms with Gasteiger partial charge in [0.1, 0.15) is 0 Å². The second kappa shape index (κ2) is 9.07. The van der Waals surface area contributed by atoms with Crippen LogP contribution in [0.3, 0.4) is 0 Å². The van der Waals surface area contributed by atoms with Gasteiger partial charge in [-0.1, -0.05) is 60.3 Å². The van der Waals surface area contributed by atoms with E-state index in [1.165, 1.54) is 12.7 Å². The Kier molecular flexibility index (Phi) is 6.07. The van der Waals surface area contributed by atoms with Gasteiger partial charge in [0.15, 0.2) is 11.0 Å². The summed E-state index contributed by atoms with van der Waals surface area (Å²) in [5.74, 6) is 1.29. The molecule has 2 heterocycles. The standard InChI is InChI=1S/C22H19N3O2S2/c1-27-21(26)18-11-9-17(10-12-18)15-29-22-24-23-20(19-8-5-13-28-19)25(22)14-16-6-3-2-4-7-16/h2-13H,14-15H2,1H3. The molecule has 29 heavy (non-hydrogen) atoms. The highest BCUT2D eigenvalue weighted by Crippen LogP contribution is 2.29. The molecule has 0 N–H and O–H groups in total. The van der Waals surface area contributed by atoms with Crippen molar-refractivity contribution in [2.75, 3.05) is 7.11 Å². The molecule has 7 heteroatoms. The zero-order chi connectivity index (χ0) is 20.1. The monoisotopic (exact) mass is 421 g/mol. The number of methoxy groups -OCH3 is 1. The highest BCUT2D eigenvalue weighted by Gasteiger charge is 2.16. The lowest BCUT2D eigenvalue weighted by atomic mass is 10.1. The van der Waals surface area contributed by atoms with Gasteiger partial charge in [-0.2, -0.15) is 0 Å². The normalized spacial score (nSPS) is 10.8. The van der Waals surface area contributed by atoms with Crippen molar-refractivity contribution in [3.05, 3.63) is 88.8 Å². The quantitative estimate of drug-likeness (QED) is 0.306. The Morgan fingerprint density at radius 2 is 1.79 bits per heavy atom. The molecule has 0 radical (unpaired) electrons. The molecule has 146 valence electrons. The van der Waals surface area contributed by atoms with Crippen LogP contribution in [0.1, 0.15) is 21.5 Å². The van der Waals surface area contributed by atoms with E-state index in [0.29, 0.717) is 12.1 Å². The van der Waals surface area contributed by atoms with E-state index >= 15 is 0 Å². The summed E-state index contributed by atoms with van der Waals surface area (Å²) in [5, 5.41) is 11.8. The lowest BCUT2D eigenvalue weighted by Crippen LogP contribution is -2.03. The molecule has 0 fully saturated rings. The summed E-state index contributed by atoms with van der Waals surface area (Å²) in [6, 6.07) is 21.9. The predicted molar refractivity (Wildman–Crippen MR) is 116 cm³/mol. The van der Waals surface area contributed by atoms with Crippen LogP contribution in [-0.2, 0) is 17.0 Å². The number of nitrogens with zero attached hydrogens (tertiary/aromatic N) is 3. The summed E-state index contributed by atoms with van der Waals surface area (Å²) in [5.41, 5.74) is 2.86. The third-order valence-corrected chi connectivity index (χ3v) is 6.29. The summed E-state index contributed by atoms with van der Waals surface area (Å²) in [4.78, 5) is 12.7. The number of hydrogen-bond acceptors (Lipinski definition) is 6. The maximum Gasteiger partial charge on any atom is 0.337 e. The minimum Gasteiger partial charge on any atom is -0.465 e. The topological polar surface area (TPSA) is 57.0 Å². The fourth-order valence-electron chi connectivity index (χ4n) is 2.89. The first-order valence-corrected chi connectivity index (χ1v) is 10.9. The number of thiophene rings is 1. The van der Waals surface area contributed by atoms with Crippen LogP contribution in [0.25, 0.3) is 10.7 Å². The zero-order valence-electron chi connectivity index (χ0n) is 15.8. The van der Waals surface area contributed by atoms with Crippen LogP contribution in [0.2, 0.25) is 0 Å². The molecular formula is C22H19N3O2S2. The summed E-state index contributed by atoms with van der Waals surface area (Å²) < 4.78 is 6.91. The van der Waals surface area contributed by atoms with Crippen LogP contribution in [0.5, 0.6) is 0 Å². The fraction of sp³-hybridized carbons (Fsp3) is 0.136. The molecule has 0 saturated heterocycles. The first kappa shape index (κ1) is 19.4. The Labute approximate surface area is 177 Å². The third kappa shape index (κ3) is 4.58. The maximum absolute atomic E-state index is 11.6. The van der Waals surface area contributed by atoms with Gasteiger partial charge in [-0.25, -0.2) is 4.79 Å². The number of carbonyl (C=O) groups excluding carboxylic acids is 1. The largest absolute Gasteiger partial charge is 0.465 e. The SMILES string of the molecule is COC(=O)c1ccc(CSc2nnc(-c3cccs3)n2Cc2ccccc2)cc1. The average Bonchev–Trinajstić information content (AvgIpc) is 3.43. The molecule has 0 unspecified atom stereocenters. The van der Waals surface area contributed by atoms with E-state index < -0.39 is 0 Å². The van der Waals surface area contributed by atoms with E-state index in [4.69, 9.17) is 4.74 Å². The van der Waals surface area contributed by atoms with Crippen molar-refractivity contribution in [1.82, 2.24) is 14.8 Å². The van der Waals surface area contributed by atoms with E-state index in [0.717, 1.165) is 27.2 Å². The van der Waals surface area contributed by atoms with Gasteiger partial charge in [-0.3, -0.25) is 4.57 Å². The van der Waals surface area contributed by atoms with Crippen LogP contribution in [0, 0.1) is 0 Å². The number of rotatable bonds is 7. The molecule has 0 aliphatic carbocycles.